The fourth-order valence-electron chi connectivity index (χ4n) is 2.96. The SMILES string of the molecule is COc1cc(CN[C@H]2CC[C@H](OCC(O)CO)CC2)cc(OC)c1. The fraction of sp³-hybridized carbons (Fsp3) is 0.667. The van der Waals surface area contributed by atoms with Crippen molar-refractivity contribution in [1.29, 1.82) is 0 Å². The van der Waals surface area contributed by atoms with E-state index in [-0.39, 0.29) is 19.3 Å². The summed E-state index contributed by atoms with van der Waals surface area (Å²) in [6, 6.07) is 6.36. The normalized spacial score (nSPS) is 22.2. The molecule has 0 spiro atoms. The number of benzene rings is 1. The number of methoxy groups -OCH3 is 2. The second-order valence-electron chi connectivity index (χ2n) is 6.25. The molecule has 0 bridgehead atoms. The van der Waals surface area contributed by atoms with E-state index in [1.807, 2.05) is 18.2 Å². The number of nitrogens with one attached hydrogen (secondary N) is 1. The zero-order valence-corrected chi connectivity index (χ0v) is 14.5. The summed E-state index contributed by atoms with van der Waals surface area (Å²) in [6.07, 6.45) is 3.43. The predicted octanol–water partition coefficient (Wildman–Crippen LogP) is 1.47. The number of ether oxygens (including phenoxy) is 3. The van der Waals surface area contributed by atoms with Gasteiger partial charge >= 0.3 is 0 Å². The van der Waals surface area contributed by atoms with Crippen LogP contribution in [0.3, 0.4) is 0 Å². The molecule has 6 nitrogen and oxygen atoms in total. The Balaban J connectivity index is 1.74. The number of aliphatic hydroxyl groups is 2. The summed E-state index contributed by atoms with van der Waals surface area (Å²) in [5.74, 6) is 1.59. The highest BCUT2D eigenvalue weighted by molar-refractivity contribution is 5.38. The molecule has 1 aromatic rings. The van der Waals surface area contributed by atoms with Crippen LogP contribution in [0.4, 0.5) is 0 Å². The number of rotatable bonds is 9. The highest BCUT2D eigenvalue weighted by Crippen LogP contribution is 2.24. The maximum atomic E-state index is 9.33. The molecule has 0 amide bonds. The summed E-state index contributed by atoms with van der Waals surface area (Å²) >= 11 is 0. The summed E-state index contributed by atoms with van der Waals surface area (Å²) in [5.41, 5.74) is 1.13. The van der Waals surface area contributed by atoms with Crippen LogP contribution in [-0.2, 0) is 11.3 Å². The molecule has 1 aliphatic carbocycles. The van der Waals surface area contributed by atoms with Gasteiger partial charge in [0.2, 0.25) is 0 Å². The van der Waals surface area contributed by atoms with Crippen molar-refractivity contribution < 1.29 is 24.4 Å². The Morgan fingerprint density at radius 2 is 1.71 bits per heavy atom. The molecule has 1 fully saturated rings. The van der Waals surface area contributed by atoms with Gasteiger partial charge in [0.1, 0.15) is 17.6 Å². The standard InChI is InChI=1S/C18H29NO5/c1-22-17-7-13(8-18(9-17)23-2)10-19-14-3-5-16(6-4-14)24-12-15(21)11-20/h7-9,14-16,19-21H,3-6,10-12H2,1-2H3/t14-,15?,16-. The van der Waals surface area contributed by atoms with Crippen LogP contribution in [0.5, 0.6) is 11.5 Å². The molecule has 0 radical (unpaired) electrons. The van der Waals surface area contributed by atoms with Gasteiger partial charge in [0.25, 0.3) is 0 Å². The molecule has 24 heavy (non-hydrogen) atoms. The van der Waals surface area contributed by atoms with Crippen molar-refractivity contribution in [3.63, 3.8) is 0 Å². The molecule has 3 N–H and O–H groups in total. The van der Waals surface area contributed by atoms with Crippen LogP contribution in [0, 0.1) is 0 Å². The first-order valence-electron chi connectivity index (χ1n) is 8.50. The molecule has 0 saturated heterocycles. The molecule has 1 unspecified atom stereocenters. The first-order valence-corrected chi connectivity index (χ1v) is 8.50. The largest absolute Gasteiger partial charge is 0.497 e. The number of hydrogen-bond acceptors (Lipinski definition) is 6. The Labute approximate surface area is 143 Å². The van der Waals surface area contributed by atoms with Gasteiger partial charge < -0.3 is 29.7 Å². The van der Waals surface area contributed by atoms with Gasteiger partial charge in [-0.25, -0.2) is 0 Å². The average molecular weight is 339 g/mol. The van der Waals surface area contributed by atoms with Crippen LogP contribution in [0.2, 0.25) is 0 Å². The predicted molar refractivity (Wildman–Crippen MR) is 91.5 cm³/mol. The van der Waals surface area contributed by atoms with E-state index in [1.54, 1.807) is 14.2 Å². The minimum Gasteiger partial charge on any atom is -0.497 e. The minimum absolute atomic E-state index is 0.182. The van der Waals surface area contributed by atoms with Gasteiger partial charge in [0.05, 0.1) is 33.5 Å². The van der Waals surface area contributed by atoms with Gasteiger partial charge in [-0.1, -0.05) is 0 Å². The lowest BCUT2D eigenvalue weighted by atomic mass is 9.92. The van der Waals surface area contributed by atoms with Gasteiger partial charge in [-0.05, 0) is 43.4 Å². The molecule has 136 valence electrons. The van der Waals surface area contributed by atoms with Crippen LogP contribution < -0.4 is 14.8 Å². The average Bonchev–Trinajstić information content (AvgIpc) is 2.64. The van der Waals surface area contributed by atoms with E-state index in [1.165, 1.54) is 0 Å². The zero-order valence-electron chi connectivity index (χ0n) is 14.5. The Hall–Kier alpha value is -1.34. The number of aliphatic hydroxyl groups excluding tert-OH is 2. The molecule has 6 heteroatoms. The smallest absolute Gasteiger partial charge is 0.122 e. The molecule has 1 saturated carbocycles. The van der Waals surface area contributed by atoms with Crippen LogP contribution in [0.25, 0.3) is 0 Å². The molecular formula is C18H29NO5. The Kier molecular flexibility index (Phi) is 7.78. The van der Waals surface area contributed by atoms with Crippen molar-refractivity contribution in [2.75, 3.05) is 27.4 Å². The molecule has 0 heterocycles. The molecular weight excluding hydrogens is 310 g/mol. The Morgan fingerprint density at radius 1 is 1.08 bits per heavy atom. The van der Waals surface area contributed by atoms with Crippen molar-refractivity contribution in [1.82, 2.24) is 5.32 Å². The van der Waals surface area contributed by atoms with Gasteiger partial charge in [-0.3, -0.25) is 0 Å². The summed E-state index contributed by atoms with van der Waals surface area (Å²) in [6.45, 7) is 0.733. The van der Waals surface area contributed by atoms with Crippen molar-refractivity contribution in [3.05, 3.63) is 23.8 Å². The van der Waals surface area contributed by atoms with Crippen LogP contribution >= 0.6 is 0 Å². The maximum absolute atomic E-state index is 9.33. The summed E-state index contributed by atoms with van der Waals surface area (Å²) in [5, 5.41) is 21.7. The molecule has 1 aromatic carbocycles. The lowest BCUT2D eigenvalue weighted by Gasteiger charge is -2.29. The van der Waals surface area contributed by atoms with E-state index in [0.29, 0.717) is 6.04 Å². The van der Waals surface area contributed by atoms with Crippen LogP contribution in [-0.4, -0.2) is 55.9 Å². The molecule has 2 rings (SSSR count). The lowest BCUT2D eigenvalue weighted by Crippen LogP contribution is -2.36. The van der Waals surface area contributed by atoms with Gasteiger partial charge in [-0.2, -0.15) is 0 Å². The monoisotopic (exact) mass is 339 g/mol. The van der Waals surface area contributed by atoms with Crippen LogP contribution in [0.1, 0.15) is 31.2 Å². The van der Waals surface area contributed by atoms with E-state index in [4.69, 9.17) is 19.3 Å². The molecule has 1 atom stereocenters. The first kappa shape index (κ1) is 19.0. The highest BCUT2D eigenvalue weighted by Gasteiger charge is 2.22. The van der Waals surface area contributed by atoms with Crippen molar-refractivity contribution in [2.24, 2.45) is 0 Å². The zero-order chi connectivity index (χ0) is 17.4. The molecule has 0 aliphatic heterocycles. The summed E-state index contributed by atoms with van der Waals surface area (Å²) < 4.78 is 16.2. The van der Waals surface area contributed by atoms with Crippen molar-refractivity contribution >= 4 is 0 Å². The quantitative estimate of drug-likeness (QED) is 0.632. The maximum Gasteiger partial charge on any atom is 0.122 e. The molecule has 0 aromatic heterocycles. The van der Waals surface area contributed by atoms with E-state index < -0.39 is 6.10 Å². The number of hydrogen-bond donors (Lipinski definition) is 3. The van der Waals surface area contributed by atoms with Crippen LogP contribution in [0.15, 0.2) is 18.2 Å². The fourth-order valence-corrected chi connectivity index (χ4v) is 2.96. The molecule has 1 aliphatic rings. The Bertz CT molecular complexity index is 466. The van der Waals surface area contributed by atoms with Gasteiger partial charge in [0, 0.05) is 18.7 Å². The minimum atomic E-state index is -0.774. The lowest BCUT2D eigenvalue weighted by molar-refractivity contribution is -0.0421. The first-order chi connectivity index (χ1) is 11.6. The second kappa shape index (κ2) is 9.84. The third-order valence-corrected chi connectivity index (χ3v) is 4.42. The van der Waals surface area contributed by atoms with Gasteiger partial charge in [0.15, 0.2) is 0 Å². The van der Waals surface area contributed by atoms with E-state index >= 15 is 0 Å². The second-order valence-corrected chi connectivity index (χ2v) is 6.25. The van der Waals surface area contributed by atoms with E-state index in [0.717, 1.165) is 49.3 Å². The summed E-state index contributed by atoms with van der Waals surface area (Å²) in [4.78, 5) is 0. The van der Waals surface area contributed by atoms with Gasteiger partial charge in [-0.15, -0.1) is 0 Å². The van der Waals surface area contributed by atoms with E-state index in [9.17, 15) is 5.11 Å². The van der Waals surface area contributed by atoms with E-state index in [2.05, 4.69) is 5.32 Å². The Morgan fingerprint density at radius 3 is 2.25 bits per heavy atom. The third-order valence-electron chi connectivity index (χ3n) is 4.42. The topological polar surface area (TPSA) is 80.2 Å². The van der Waals surface area contributed by atoms with Crippen molar-refractivity contribution in [2.45, 2.75) is 50.5 Å². The third kappa shape index (κ3) is 5.94. The highest BCUT2D eigenvalue weighted by atomic mass is 16.5. The summed E-state index contributed by atoms with van der Waals surface area (Å²) in [7, 11) is 3.31. The van der Waals surface area contributed by atoms with Crippen molar-refractivity contribution in [3.8, 4) is 11.5 Å².